The number of aldehydes is 1. The Kier molecular flexibility index (Phi) is 5.73. The van der Waals surface area contributed by atoms with Crippen molar-refractivity contribution >= 4 is 29.9 Å². The van der Waals surface area contributed by atoms with Crippen LogP contribution in [0.3, 0.4) is 0 Å². The molecular weight excluding hydrogens is 390 g/mol. The van der Waals surface area contributed by atoms with Gasteiger partial charge in [-0.1, -0.05) is 18.2 Å². The highest BCUT2D eigenvalue weighted by Crippen LogP contribution is 2.55. The lowest BCUT2D eigenvalue weighted by molar-refractivity contribution is -0.165. The van der Waals surface area contributed by atoms with Crippen molar-refractivity contribution < 1.29 is 33.8 Å². The molecule has 0 radical (unpaired) electrons. The molecule has 30 heavy (non-hydrogen) atoms. The van der Waals surface area contributed by atoms with E-state index in [9.17, 15) is 24.3 Å². The van der Waals surface area contributed by atoms with Crippen LogP contribution in [-0.2, 0) is 29.3 Å². The second-order valence-electron chi connectivity index (χ2n) is 8.63. The molecule has 1 fully saturated rings. The van der Waals surface area contributed by atoms with Crippen molar-refractivity contribution in [3.8, 4) is 0 Å². The van der Waals surface area contributed by atoms with Crippen LogP contribution >= 0.6 is 0 Å². The molecule has 3 rings (SSSR count). The maximum atomic E-state index is 13.8. The second kappa shape index (κ2) is 7.83. The molecule has 1 saturated carbocycles. The third kappa shape index (κ3) is 3.29. The molecule has 1 aromatic carbocycles. The van der Waals surface area contributed by atoms with Crippen LogP contribution in [0.1, 0.15) is 46.1 Å². The number of hydrogen-bond acceptors (Lipinski definition) is 7. The van der Waals surface area contributed by atoms with E-state index in [0.29, 0.717) is 11.8 Å². The number of amides is 2. The van der Waals surface area contributed by atoms with Crippen LogP contribution < -0.4 is 4.90 Å². The van der Waals surface area contributed by atoms with Gasteiger partial charge in [-0.25, -0.2) is 9.69 Å². The Morgan fingerprint density at radius 3 is 2.53 bits per heavy atom. The molecule has 0 saturated heterocycles. The van der Waals surface area contributed by atoms with Gasteiger partial charge in [-0.2, -0.15) is 0 Å². The molecule has 8 nitrogen and oxygen atoms in total. The molecule has 0 unspecified atom stereocenters. The van der Waals surface area contributed by atoms with E-state index in [1.165, 1.54) is 0 Å². The van der Waals surface area contributed by atoms with E-state index in [4.69, 9.17) is 9.47 Å². The average Bonchev–Trinajstić information content (AvgIpc) is 2.92. The first-order valence-corrected chi connectivity index (χ1v) is 10.1. The number of aliphatic hydroxyl groups excluding tert-OH is 1. The molecular formula is C22H27NO7. The van der Waals surface area contributed by atoms with Crippen molar-refractivity contribution in [2.75, 3.05) is 11.5 Å². The number of hydrogen-bond donors (Lipinski definition) is 1. The fraction of sp³-hybridized carbons (Fsp3) is 0.545. The van der Waals surface area contributed by atoms with Crippen molar-refractivity contribution in [2.24, 2.45) is 11.8 Å². The van der Waals surface area contributed by atoms with Crippen molar-refractivity contribution in [3.05, 3.63) is 29.8 Å². The molecule has 162 valence electrons. The van der Waals surface area contributed by atoms with E-state index < -0.39 is 46.9 Å². The van der Waals surface area contributed by atoms with Gasteiger partial charge in [-0.3, -0.25) is 9.59 Å². The first kappa shape index (κ1) is 22.0. The Morgan fingerprint density at radius 2 is 1.93 bits per heavy atom. The molecule has 2 aliphatic rings. The number of ether oxygens (including phenoxy) is 2. The van der Waals surface area contributed by atoms with Gasteiger partial charge in [0.15, 0.2) is 0 Å². The standard InChI is InChI=1S/C22H27NO7/c1-5-29-18(26)17-13(12-24)10-11-16(25)22(17)14-8-6-7-9-15(14)23(19(22)27)20(28)30-21(2,3)4/h6-9,12-13,16-17,25H,5,10-11H2,1-4H3/t13-,16+,17+,22+/m0/s1. The van der Waals surface area contributed by atoms with Gasteiger partial charge in [0, 0.05) is 5.92 Å². The molecule has 1 aliphatic heterocycles. The normalized spacial score (nSPS) is 28.2. The number of carbonyl (C=O) groups excluding carboxylic acids is 4. The monoisotopic (exact) mass is 417 g/mol. The molecule has 1 aromatic rings. The summed E-state index contributed by atoms with van der Waals surface area (Å²) < 4.78 is 10.6. The van der Waals surface area contributed by atoms with Crippen LogP contribution in [0.5, 0.6) is 0 Å². The van der Waals surface area contributed by atoms with Crippen molar-refractivity contribution in [3.63, 3.8) is 0 Å². The second-order valence-corrected chi connectivity index (χ2v) is 8.63. The zero-order valence-electron chi connectivity index (χ0n) is 17.6. The van der Waals surface area contributed by atoms with E-state index in [1.807, 2.05) is 0 Å². The number of imide groups is 1. The number of para-hydroxylation sites is 1. The lowest BCUT2D eigenvalue weighted by Gasteiger charge is -2.44. The van der Waals surface area contributed by atoms with Crippen LogP contribution in [0.25, 0.3) is 0 Å². The summed E-state index contributed by atoms with van der Waals surface area (Å²) in [6, 6.07) is 6.46. The summed E-state index contributed by atoms with van der Waals surface area (Å²) in [5.74, 6) is -3.61. The Labute approximate surface area is 175 Å². The van der Waals surface area contributed by atoms with Gasteiger partial charge in [-0.05, 0) is 52.2 Å². The van der Waals surface area contributed by atoms with Crippen molar-refractivity contribution in [2.45, 2.75) is 57.7 Å². The van der Waals surface area contributed by atoms with Gasteiger partial charge in [0.05, 0.1) is 24.3 Å². The lowest BCUT2D eigenvalue weighted by atomic mass is 9.57. The quantitative estimate of drug-likeness (QED) is 0.594. The Balaban J connectivity index is 2.22. The number of anilines is 1. The lowest BCUT2D eigenvalue weighted by Crippen LogP contribution is -2.61. The molecule has 0 bridgehead atoms. The third-order valence-corrected chi connectivity index (χ3v) is 5.66. The largest absolute Gasteiger partial charge is 0.466 e. The van der Waals surface area contributed by atoms with Crippen LogP contribution in [0.4, 0.5) is 10.5 Å². The third-order valence-electron chi connectivity index (χ3n) is 5.66. The molecule has 8 heteroatoms. The van der Waals surface area contributed by atoms with Gasteiger partial charge >= 0.3 is 12.1 Å². The molecule has 4 atom stereocenters. The number of aliphatic hydroxyl groups is 1. The molecule has 2 amide bonds. The fourth-order valence-corrected chi connectivity index (χ4v) is 4.57. The number of fused-ring (bicyclic) bond motifs is 2. The highest BCUT2D eigenvalue weighted by Gasteiger charge is 2.67. The van der Waals surface area contributed by atoms with Crippen molar-refractivity contribution in [1.82, 2.24) is 0 Å². The summed E-state index contributed by atoms with van der Waals surface area (Å²) in [5, 5.41) is 11.1. The van der Waals surface area contributed by atoms with E-state index in [2.05, 4.69) is 0 Å². The van der Waals surface area contributed by atoms with Crippen LogP contribution in [0.15, 0.2) is 24.3 Å². The highest BCUT2D eigenvalue weighted by atomic mass is 16.6. The first-order chi connectivity index (χ1) is 14.1. The average molecular weight is 417 g/mol. The smallest absolute Gasteiger partial charge is 0.421 e. The summed E-state index contributed by atoms with van der Waals surface area (Å²) in [6.07, 6.45) is -1.19. The molecule has 1 aliphatic carbocycles. The Hall–Kier alpha value is -2.74. The summed E-state index contributed by atoms with van der Waals surface area (Å²) >= 11 is 0. The first-order valence-electron chi connectivity index (χ1n) is 10.1. The number of carbonyl (C=O) groups is 4. The summed E-state index contributed by atoms with van der Waals surface area (Å²) in [6.45, 7) is 6.70. The van der Waals surface area contributed by atoms with E-state index in [1.54, 1.807) is 52.0 Å². The van der Waals surface area contributed by atoms with Crippen molar-refractivity contribution in [1.29, 1.82) is 0 Å². The maximum absolute atomic E-state index is 13.8. The molecule has 1 N–H and O–H groups in total. The van der Waals surface area contributed by atoms with Gasteiger partial charge in [-0.15, -0.1) is 0 Å². The number of benzene rings is 1. The van der Waals surface area contributed by atoms with Crippen LogP contribution in [0, 0.1) is 11.8 Å². The Bertz CT molecular complexity index is 874. The van der Waals surface area contributed by atoms with Gasteiger partial charge in [0.2, 0.25) is 0 Å². The van der Waals surface area contributed by atoms with Gasteiger partial charge < -0.3 is 19.4 Å². The minimum atomic E-state index is -1.80. The Morgan fingerprint density at radius 1 is 1.27 bits per heavy atom. The predicted octanol–water partition coefficient (Wildman–Crippen LogP) is 2.36. The minimum absolute atomic E-state index is 0.0543. The highest BCUT2D eigenvalue weighted by molar-refractivity contribution is 6.22. The van der Waals surface area contributed by atoms with Gasteiger partial charge in [0.25, 0.3) is 5.91 Å². The summed E-state index contributed by atoms with van der Waals surface area (Å²) in [4.78, 5) is 52.4. The number of esters is 1. The predicted molar refractivity (Wildman–Crippen MR) is 107 cm³/mol. The van der Waals surface area contributed by atoms with Crippen LogP contribution in [0.2, 0.25) is 0 Å². The van der Waals surface area contributed by atoms with E-state index in [-0.39, 0.29) is 25.1 Å². The summed E-state index contributed by atoms with van der Waals surface area (Å²) in [7, 11) is 0. The zero-order valence-corrected chi connectivity index (χ0v) is 17.6. The zero-order chi connectivity index (χ0) is 22.3. The molecule has 1 heterocycles. The summed E-state index contributed by atoms with van der Waals surface area (Å²) in [5.41, 5.74) is -2.11. The van der Waals surface area contributed by atoms with Crippen LogP contribution in [-0.4, -0.2) is 47.7 Å². The minimum Gasteiger partial charge on any atom is -0.466 e. The molecule has 1 spiro atoms. The molecule has 0 aromatic heterocycles. The number of rotatable bonds is 3. The maximum Gasteiger partial charge on any atom is 0.421 e. The van der Waals surface area contributed by atoms with Gasteiger partial charge in [0.1, 0.15) is 17.3 Å². The van der Waals surface area contributed by atoms with E-state index >= 15 is 0 Å². The topological polar surface area (TPSA) is 110 Å². The van der Waals surface area contributed by atoms with E-state index in [0.717, 1.165) is 4.90 Å². The fourth-order valence-electron chi connectivity index (χ4n) is 4.57. The SMILES string of the molecule is CCOC(=O)[C@H]1[C@H](C=O)CC[C@@H](O)[C@@]12C(=O)N(C(=O)OC(C)(C)C)c1ccccc12. The number of nitrogens with zero attached hydrogens (tertiary/aromatic N) is 1.